The largest absolute Gasteiger partial charge is 0.508 e. The average Bonchev–Trinajstić information content (AvgIpc) is 2.64. The van der Waals surface area contributed by atoms with E-state index in [1.54, 1.807) is 0 Å². The second-order valence-corrected chi connectivity index (χ2v) is 5.76. The van der Waals surface area contributed by atoms with Gasteiger partial charge in [-0.2, -0.15) is 13.2 Å². The fourth-order valence-corrected chi connectivity index (χ4v) is 2.32. The predicted molar refractivity (Wildman–Crippen MR) is 99.9 cm³/mol. The Morgan fingerprint density at radius 2 is 1.72 bits per heavy atom. The highest BCUT2D eigenvalue weighted by Gasteiger charge is 2.32. The third kappa shape index (κ3) is 5.72. The summed E-state index contributed by atoms with van der Waals surface area (Å²) in [5.41, 5.74) is -2.01. The Hall–Kier alpha value is -3.53. The molecule has 0 spiro atoms. The van der Waals surface area contributed by atoms with Crippen molar-refractivity contribution in [1.29, 1.82) is 0 Å². The van der Waals surface area contributed by atoms with Crippen LogP contribution in [0.25, 0.3) is 5.57 Å². The second-order valence-electron chi connectivity index (χ2n) is 5.76. The van der Waals surface area contributed by atoms with Crippen molar-refractivity contribution in [3.05, 3.63) is 89.5 Å². The Balaban J connectivity index is 2.36. The second kappa shape index (κ2) is 9.11. The number of terminal acetylenes is 1. The van der Waals surface area contributed by atoms with Crippen molar-refractivity contribution in [2.45, 2.75) is 12.8 Å². The maximum Gasteiger partial charge on any atom is 0.424 e. The molecular formula is C22H15F5O2. The monoisotopic (exact) mass is 406 g/mol. The first-order valence-electron chi connectivity index (χ1n) is 8.14. The maximum absolute atomic E-state index is 14.4. The van der Waals surface area contributed by atoms with Gasteiger partial charge in [0.1, 0.15) is 35.3 Å². The zero-order chi connectivity index (χ0) is 21.6. The fourth-order valence-electron chi connectivity index (χ4n) is 2.32. The lowest BCUT2D eigenvalue weighted by atomic mass is 10.00. The maximum atomic E-state index is 14.4. The van der Waals surface area contributed by atoms with Crippen LogP contribution >= 0.6 is 0 Å². The first-order valence-corrected chi connectivity index (χ1v) is 8.14. The molecule has 0 aliphatic rings. The van der Waals surface area contributed by atoms with Gasteiger partial charge in [-0.1, -0.05) is 24.7 Å². The highest BCUT2D eigenvalue weighted by atomic mass is 19.4. The number of hydrogen-bond donors (Lipinski definition) is 1. The van der Waals surface area contributed by atoms with Gasteiger partial charge in [-0.25, -0.2) is 8.78 Å². The Bertz CT molecular complexity index is 970. The quantitative estimate of drug-likeness (QED) is 0.366. The molecular weight excluding hydrogens is 391 g/mol. The molecule has 2 aromatic carbocycles. The van der Waals surface area contributed by atoms with Crippen LogP contribution in [0.1, 0.15) is 11.1 Å². The minimum atomic E-state index is -4.79. The van der Waals surface area contributed by atoms with Crippen LogP contribution < -0.4 is 4.74 Å². The van der Waals surface area contributed by atoms with Gasteiger partial charge in [-0.3, -0.25) is 0 Å². The van der Waals surface area contributed by atoms with E-state index in [2.05, 4.69) is 6.58 Å². The summed E-state index contributed by atoms with van der Waals surface area (Å²) >= 11 is 0. The molecule has 0 amide bonds. The normalized spacial score (nSPS) is 12.4. The van der Waals surface area contributed by atoms with Crippen molar-refractivity contribution < 1.29 is 31.8 Å². The van der Waals surface area contributed by atoms with Crippen LogP contribution in [0.15, 0.2) is 66.8 Å². The molecule has 150 valence electrons. The molecule has 0 unspecified atom stereocenters. The van der Waals surface area contributed by atoms with E-state index in [0.29, 0.717) is 6.08 Å². The van der Waals surface area contributed by atoms with Gasteiger partial charge in [0.2, 0.25) is 0 Å². The topological polar surface area (TPSA) is 29.5 Å². The van der Waals surface area contributed by atoms with Crippen molar-refractivity contribution in [3.63, 3.8) is 0 Å². The van der Waals surface area contributed by atoms with Crippen LogP contribution in [-0.4, -0.2) is 11.3 Å². The lowest BCUT2D eigenvalue weighted by Crippen LogP contribution is -2.10. The SMILES string of the molecule is C#C/C(=C\C(=C/C=C)c1cc(F)c(COc2ccc(O)cc2)c(F)c1)C(F)(F)F. The van der Waals surface area contributed by atoms with Gasteiger partial charge in [0.25, 0.3) is 0 Å². The van der Waals surface area contributed by atoms with E-state index >= 15 is 0 Å². The molecule has 0 aromatic heterocycles. The highest BCUT2D eigenvalue weighted by molar-refractivity contribution is 5.77. The molecule has 29 heavy (non-hydrogen) atoms. The fraction of sp³-hybridized carbons (Fsp3) is 0.0909. The minimum Gasteiger partial charge on any atom is -0.508 e. The molecule has 7 heteroatoms. The highest BCUT2D eigenvalue weighted by Crippen LogP contribution is 2.30. The average molecular weight is 406 g/mol. The Labute approximate surface area is 164 Å². The minimum absolute atomic E-state index is 0.00107. The number of ether oxygens (including phenoxy) is 1. The summed E-state index contributed by atoms with van der Waals surface area (Å²) in [5, 5.41) is 9.21. The van der Waals surface area contributed by atoms with E-state index in [-0.39, 0.29) is 22.6 Å². The van der Waals surface area contributed by atoms with Crippen LogP contribution in [0.5, 0.6) is 11.5 Å². The van der Waals surface area contributed by atoms with Crippen LogP contribution in [0.3, 0.4) is 0 Å². The molecule has 0 saturated carbocycles. The zero-order valence-electron chi connectivity index (χ0n) is 14.9. The van der Waals surface area contributed by atoms with Gasteiger partial charge in [-0.05, 0) is 53.6 Å². The molecule has 2 nitrogen and oxygen atoms in total. The first-order chi connectivity index (χ1) is 13.7. The van der Waals surface area contributed by atoms with Gasteiger partial charge in [0.15, 0.2) is 0 Å². The molecule has 0 aliphatic heterocycles. The van der Waals surface area contributed by atoms with E-state index in [1.807, 2.05) is 0 Å². The van der Waals surface area contributed by atoms with E-state index in [1.165, 1.54) is 36.3 Å². The van der Waals surface area contributed by atoms with Gasteiger partial charge < -0.3 is 9.84 Å². The number of phenolic OH excluding ortho intramolecular Hbond substituents is 1. The van der Waals surface area contributed by atoms with E-state index in [9.17, 15) is 27.1 Å². The molecule has 0 aliphatic carbocycles. The smallest absolute Gasteiger partial charge is 0.424 e. The number of rotatable bonds is 6. The number of aromatic hydroxyl groups is 1. The van der Waals surface area contributed by atoms with Crippen LogP contribution in [0.4, 0.5) is 22.0 Å². The van der Waals surface area contributed by atoms with Crippen molar-refractivity contribution in [1.82, 2.24) is 0 Å². The van der Waals surface area contributed by atoms with Crippen molar-refractivity contribution >= 4 is 5.57 Å². The molecule has 0 saturated heterocycles. The standard InChI is InChI=1S/C22H15F5O2/c1-3-5-14(10-16(4-2)22(25,26)27)15-11-20(23)19(21(24)12-15)13-29-18-8-6-17(28)7-9-18/h2-3,5-12,28H,1,13H2/b14-5+,16-10+. The number of hydrogen-bond acceptors (Lipinski definition) is 2. The number of allylic oxidation sites excluding steroid dienone is 5. The van der Waals surface area contributed by atoms with E-state index < -0.39 is 35.6 Å². The molecule has 0 atom stereocenters. The summed E-state index contributed by atoms with van der Waals surface area (Å²) in [7, 11) is 0. The summed E-state index contributed by atoms with van der Waals surface area (Å²) in [6.45, 7) is 2.93. The summed E-state index contributed by atoms with van der Waals surface area (Å²) in [6.07, 6.45) is 3.05. The summed E-state index contributed by atoms with van der Waals surface area (Å²) in [4.78, 5) is 0. The predicted octanol–water partition coefficient (Wildman–Crippen LogP) is 5.94. The number of phenols is 1. The lowest BCUT2D eigenvalue weighted by molar-refractivity contribution is -0.0871. The Morgan fingerprint density at radius 1 is 1.14 bits per heavy atom. The molecule has 1 N–H and O–H groups in total. The number of halogens is 5. The van der Waals surface area contributed by atoms with Crippen molar-refractivity contribution in [2.24, 2.45) is 0 Å². The van der Waals surface area contributed by atoms with Gasteiger partial charge >= 0.3 is 6.18 Å². The first kappa shape index (κ1) is 21.8. The van der Waals surface area contributed by atoms with Crippen LogP contribution in [0, 0.1) is 24.0 Å². The Kier molecular flexibility index (Phi) is 6.84. The summed E-state index contributed by atoms with van der Waals surface area (Å²) in [5.74, 6) is -0.220. The summed E-state index contributed by atoms with van der Waals surface area (Å²) < 4.78 is 72.9. The molecule has 0 radical (unpaired) electrons. The third-order valence-electron chi connectivity index (χ3n) is 3.75. The third-order valence-corrected chi connectivity index (χ3v) is 3.75. The van der Waals surface area contributed by atoms with E-state index in [0.717, 1.165) is 18.2 Å². The van der Waals surface area contributed by atoms with Gasteiger partial charge in [0.05, 0.1) is 5.56 Å². The molecule has 2 aromatic rings. The van der Waals surface area contributed by atoms with Crippen LogP contribution in [0.2, 0.25) is 0 Å². The number of alkyl halides is 3. The van der Waals surface area contributed by atoms with Crippen molar-refractivity contribution in [2.75, 3.05) is 0 Å². The summed E-state index contributed by atoms with van der Waals surface area (Å²) in [6, 6.07) is 7.27. The van der Waals surface area contributed by atoms with Crippen molar-refractivity contribution in [3.8, 4) is 23.8 Å². The molecule has 0 fully saturated rings. The van der Waals surface area contributed by atoms with Crippen LogP contribution in [-0.2, 0) is 6.61 Å². The number of benzene rings is 2. The van der Waals surface area contributed by atoms with Gasteiger partial charge in [0, 0.05) is 0 Å². The van der Waals surface area contributed by atoms with Gasteiger partial charge in [-0.15, -0.1) is 6.42 Å². The van der Waals surface area contributed by atoms with E-state index in [4.69, 9.17) is 11.2 Å². The molecule has 0 heterocycles. The Morgan fingerprint density at radius 3 is 2.21 bits per heavy atom. The molecule has 0 bridgehead atoms. The zero-order valence-corrected chi connectivity index (χ0v) is 14.9. The lowest BCUT2D eigenvalue weighted by Gasteiger charge is -2.12. The molecule has 2 rings (SSSR count).